The van der Waals surface area contributed by atoms with E-state index in [1.165, 1.54) is 6.33 Å². The van der Waals surface area contributed by atoms with E-state index in [2.05, 4.69) is 25.5 Å². The molecule has 0 bridgehead atoms. The van der Waals surface area contributed by atoms with Gasteiger partial charge in [0, 0.05) is 23.4 Å². The largest absolute Gasteiger partial charge is 0.362 e. The van der Waals surface area contributed by atoms with Gasteiger partial charge in [0.1, 0.15) is 17.8 Å². The third-order valence-corrected chi connectivity index (χ3v) is 3.45. The molecule has 4 aromatic rings. The summed E-state index contributed by atoms with van der Waals surface area (Å²) in [6.45, 7) is 2.42. The molecule has 0 fully saturated rings. The van der Waals surface area contributed by atoms with Crippen LogP contribution >= 0.6 is 0 Å². The maximum atomic E-state index is 5.39. The van der Waals surface area contributed by atoms with Crippen LogP contribution in [-0.4, -0.2) is 24.7 Å². The van der Waals surface area contributed by atoms with Crippen LogP contribution in [-0.2, 0) is 6.54 Å². The molecular weight excluding hydrogens is 292 g/mol. The second-order valence-electron chi connectivity index (χ2n) is 5.15. The smallest absolute Gasteiger partial charge is 0.254 e. The molecular formula is C16H14N6O. The van der Waals surface area contributed by atoms with Crippen molar-refractivity contribution in [3.63, 3.8) is 0 Å². The lowest BCUT2D eigenvalue weighted by atomic mass is 10.1. The van der Waals surface area contributed by atoms with Gasteiger partial charge < -0.3 is 9.84 Å². The zero-order valence-corrected chi connectivity index (χ0v) is 12.5. The fourth-order valence-corrected chi connectivity index (χ4v) is 2.38. The molecule has 0 saturated carbocycles. The van der Waals surface area contributed by atoms with Crippen molar-refractivity contribution < 1.29 is 4.52 Å². The first-order chi connectivity index (χ1) is 11.3. The summed E-state index contributed by atoms with van der Waals surface area (Å²) < 4.78 is 7.05. The SMILES string of the molecule is Cc1cc(NCc2cc(-c3ccccc3)no2)n2ncnc2n1. The molecule has 23 heavy (non-hydrogen) atoms. The van der Waals surface area contributed by atoms with Crippen molar-refractivity contribution in [2.75, 3.05) is 5.32 Å². The predicted octanol–water partition coefficient (Wildman–Crippen LogP) is 2.70. The van der Waals surface area contributed by atoms with Gasteiger partial charge in [-0.3, -0.25) is 0 Å². The highest BCUT2D eigenvalue weighted by molar-refractivity contribution is 5.58. The van der Waals surface area contributed by atoms with Gasteiger partial charge in [0.05, 0.1) is 6.54 Å². The molecule has 0 spiro atoms. The number of aryl methyl sites for hydroxylation is 1. The van der Waals surface area contributed by atoms with Crippen molar-refractivity contribution in [3.8, 4) is 11.3 Å². The molecule has 0 radical (unpaired) electrons. The Balaban J connectivity index is 1.55. The van der Waals surface area contributed by atoms with E-state index >= 15 is 0 Å². The first-order valence-corrected chi connectivity index (χ1v) is 7.22. The maximum absolute atomic E-state index is 5.39. The van der Waals surface area contributed by atoms with Crippen LogP contribution in [0.1, 0.15) is 11.5 Å². The number of fused-ring (bicyclic) bond motifs is 1. The molecule has 1 N–H and O–H groups in total. The number of hydrogen-bond acceptors (Lipinski definition) is 6. The van der Waals surface area contributed by atoms with E-state index in [1.54, 1.807) is 4.52 Å². The lowest BCUT2D eigenvalue weighted by Gasteiger charge is -2.06. The highest BCUT2D eigenvalue weighted by Crippen LogP contribution is 2.19. The number of benzene rings is 1. The molecule has 0 amide bonds. The molecule has 0 atom stereocenters. The average molecular weight is 306 g/mol. The minimum Gasteiger partial charge on any atom is -0.362 e. The number of nitrogens with one attached hydrogen (secondary N) is 1. The normalized spacial score (nSPS) is 11.0. The fourth-order valence-electron chi connectivity index (χ4n) is 2.38. The molecule has 7 heteroatoms. The monoisotopic (exact) mass is 306 g/mol. The topological polar surface area (TPSA) is 81.1 Å². The second kappa shape index (κ2) is 5.53. The minimum absolute atomic E-state index is 0.498. The number of rotatable bonds is 4. The van der Waals surface area contributed by atoms with Crippen molar-refractivity contribution in [1.29, 1.82) is 0 Å². The lowest BCUT2D eigenvalue weighted by Crippen LogP contribution is -2.06. The standard InChI is InChI=1S/C16H14N6O/c1-11-7-15(22-16(20-11)18-10-19-22)17-9-13-8-14(21-23-13)12-5-3-2-4-6-12/h2-8,10,17H,9H2,1H3. The highest BCUT2D eigenvalue weighted by atomic mass is 16.5. The predicted molar refractivity (Wildman–Crippen MR) is 84.8 cm³/mol. The molecule has 0 aliphatic carbocycles. The van der Waals surface area contributed by atoms with Crippen molar-refractivity contribution in [2.45, 2.75) is 13.5 Å². The van der Waals surface area contributed by atoms with Crippen LogP contribution < -0.4 is 5.32 Å². The van der Waals surface area contributed by atoms with Crippen LogP contribution in [0.2, 0.25) is 0 Å². The Morgan fingerprint density at radius 3 is 2.91 bits per heavy atom. The molecule has 114 valence electrons. The van der Waals surface area contributed by atoms with Crippen LogP contribution in [0.5, 0.6) is 0 Å². The van der Waals surface area contributed by atoms with Gasteiger partial charge in [-0.15, -0.1) is 0 Å². The Morgan fingerprint density at radius 1 is 1.17 bits per heavy atom. The molecule has 3 heterocycles. The van der Waals surface area contributed by atoms with Gasteiger partial charge in [0.25, 0.3) is 5.78 Å². The van der Waals surface area contributed by atoms with E-state index in [9.17, 15) is 0 Å². The summed E-state index contributed by atoms with van der Waals surface area (Å²) in [4.78, 5) is 8.41. The molecule has 4 rings (SSSR count). The lowest BCUT2D eigenvalue weighted by molar-refractivity contribution is 0.390. The summed E-state index contributed by atoms with van der Waals surface area (Å²) in [7, 11) is 0. The first kappa shape index (κ1) is 13.4. The summed E-state index contributed by atoms with van der Waals surface area (Å²) in [6.07, 6.45) is 1.48. The van der Waals surface area contributed by atoms with Crippen LogP contribution in [0.15, 0.2) is 53.3 Å². The van der Waals surface area contributed by atoms with Gasteiger partial charge in [0.15, 0.2) is 5.76 Å². The first-order valence-electron chi connectivity index (χ1n) is 7.22. The molecule has 0 aliphatic heterocycles. The molecule has 0 aliphatic rings. The van der Waals surface area contributed by atoms with Gasteiger partial charge in [0.2, 0.25) is 0 Å². The summed E-state index contributed by atoms with van der Waals surface area (Å²) in [6, 6.07) is 13.8. The van der Waals surface area contributed by atoms with Gasteiger partial charge in [-0.1, -0.05) is 35.5 Å². The van der Waals surface area contributed by atoms with Gasteiger partial charge in [-0.25, -0.2) is 4.98 Å². The van der Waals surface area contributed by atoms with Gasteiger partial charge >= 0.3 is 0 Å². The summed E-state index contributed by atoms with van der Waals surface area (Å²) in [5.74, 6) is 2.12. The zero-order chi connectivity index (χ0) is 15.6. The van der Waals surface area contributed by atoms with E-state index in [4.69, 9.17) is 4.52 Å². The number of nitrogens with zero attached hydrogens (tertiary/aromatic N) is 5. The Hall–Kier alpha value is -3.22. The molecule has 0 unspecified atom stereocenters. The number of hydrogen-bond donors (Lipinski definition) is 1. The zero-order valence-electron chi connectivity index (χ0n) is 12.5. The van der Waals surface area contributed by atoms with Crippen LogP contribution in [0.25, 0.3) is 17.0 Å². The Kier molecular flexibility index (Phi) is 3.23. The Morgan fingerprint density at radius 2 is 2.04 bits per heavy atom. The summed E-state index contributed by atoms with van der Waals surface area (Å²) in [5, 5.41) is 11.5. The quantitative estimate of drug-likeness (QED) is 0.624. The van der Waals surface area contributed by atoms with Gasteiger partial charge in [-0.2, -0.15) is 14.6 Å². The van der Waals surface area contributed by atoms with Crippen LogP contribution in [0.4, 0.5) is 5.82 Å². The summed E-state index contributed by atoms with van der Waals surface area (Å²) >= 11 is 0. The minimum atomic E-state index is 0.498. The molecule has 7 nitrogen and oxygen atoms in total. The van der Waals surface area contributed by atoms with E-state index < -0.39 is 0 Å². The van der Waals surface area contributed by atoms with E-state index in [0.29, 0.717) is 12.3 Å². The van der Waals surface area contributed by atoms with Gasteiger partial charge in [-0.05, 0) is 6.92 Å². The highest BCUT2D eigenvalue weighted by Gasteiger charge is 2.09. The van der Waals surface area contributed by atoms with E-state index in [0.717, 1.165) is 28.5 Å². The number of aromatic nitrogens is 5. The maximum Gasteiger partial charge on any atom is 0.254 e. The third kappa shape index (κ3) is 2.64. The van der Waals surface area contributed by atoms with Crippen LogP contribution in [0, 0.1) is 6.92 Å². The second-order valence-corrected chi connectivity index (χ2v) is 5.15. The van der Waals surface area contributed by atoms with Crippen LogP contribution in [0.3, 0.4) is 0 Å². The third-order valence-electron chi connectivity index (χ3n) is 3.45. The molecule has 3 aromatic heterocycles. The van der Waals surface area contributed by atoms with E-state index in [1.807, 2.05) is 49.4 Å². The molecule has 0 saturated heterocycles. The Bertz CT molecular complexity index is 944. The molecule has 1 aromatic carbocycles. The Labute approximate surface area is 132 Å². The van der Waals surface area contributed by atoms with Crippen molar-refractivity contribution >= 4 is 11.6 Å². The fraction of sp³-hybridized carbons (Fsp3) is 0.125. The van der Waals surface area contributed by atoms with Crippen molar-refractivity contribution in [3.05, 3.63) is 60.2 Å². The van der Waals surface area contributed by atoms with Crippen molar-refractivity contribution in [2.24, 2.45) is 0 Å². The summed E-state index contributed by atoms with van der Waals surface area (Å²) in [5.41, 5.74) is 2.72. The van der Waals surface area contributed by atoms with Crippen molar-refractivity contribution in [1.82, 2.24) is 24.7 Å². The number of anilines is 1. The van der Waals surface area contributed by atoms with E-state index in [-0.39, 0.29) is 0 Å². The average Bonchev–Trinajstić information content (AvgIpc) is 3.22.